The van der Waals surface area contributed by atoms with E-state index in [0.717, 1.165) is 5.56 Å². The lowest BCUT2D eigenvalue weighted by molar-refractivity contribution is 0.0949. The Morgan fingerprint density at radius 1 is 1.40 bits per heavy atom. The molecule has 20 heavy (non-hydrogen) atoms. The highest BCUT2D eigenvalue weighted by molar-refractivity contribution is 6.36. The van der Waals surface area contributed by atoms with Gasteiger partial charge in [0.25, 0.3) is 5.91 Å². The van der Waals surface area contributed by atoms with Gasteiger partial charge in [-0.1, -0.05) is 23.2 Å². The number of rotatable bonds is 4. The Labute approximate surface area is 126 Å². The van der Waals surface area contributed by atoms with Crippen LogP contribution in [0.4, 0.5) is 4.79 Å². The molecule has 0 atom stereocenters. The summed E-state index contributed by atoms with van der Waals surface area (Å²) < 4.78 is 4.79. The number of carbonyl (C=O) groups excluding carboxylic acids is 2. The van der Waals surface area contributed by atoms with Crippen molar-refractivity contribution in [2.45, 2.75) is 6.92 Å². The second kappa shape index (κ2) is 6.33. The zero-order valence-corrected chi connectivity index (χ0v) is 12.4. The van der Waals surface area contributed by atoms with Crippen LogP contribution in [-0.2, 0) is 4.74 Å². The van der Waals surface area contributed by atoms with E-state index in [9.17, 15) is 9.59 Å². The molecule has 2 amide bonds. The van der Waals surface area contributed by atoms with Gasteiger partial charge in [-0.2, -0.15) is 0 Å². The monoisotopic (exact) mass is 316 g/mol. The molecule has 7 heteroatoms. The summed E-state index contributed by atoms with van der Waals surface area (Å²) in [5.41, 5.74) is 1.14. The average Bonchev–Trinajstić information content (AvgIpc) is 2.81. The van der Waals surface area contributed by atoms with Crippen LogP contribution in [0.3, 0.4) is 0 Å². The normalized spacial score (nSPS) is 14.3. The molecule has 1 heterocycles. The number of nitrogens with one attached hydrogen (secondary N) is 1. The predicted molar refractivity (Wildman–Crippen MR) is 76.5 cm³/mol. The van der Waals surface area contributed by atoms with Crippen molar-refractivity contribution in [3.63, 3.8) is 0 Å². The highest BCUT2D eigenvalue weighted by atomic mass is 35.5. The van der Waals surface area contributed by atoms with Crippen molar-refractivity contribution in [2.24, 2.45) is 0 Å². The summed E-state index contributed by atoms with van der Waals surface area (Å²) in [4.78, 5) is 24.7. The smallest absolute Gasteiger partial charge is 0.409 e. The highest BCUT2D eigenvalue weighted by Gasteiger charge is 2.21. The first-order valence-electron chi connectivity index (χ1n) is 6.14. The first-order valence-corrected chi connectivity index (χ1v) is 6.90. The minimum absolute atomic E-state index is 0.277. The van der Waals surface area contributed by atoms with Gasteiger partial charge in [-0.15, -0.1) is 0 Å². The number of benzene rings is 1. The molecule has 5 nitrogen and oxygen atoms in total. The second-order valence-electron chi connectivity index (χ2n) is 4.42. The SMILES string of the molecule is Cc1c(Cl)cc(C(=O)NCCN2CCOC2=O)cc1Cl. The van der Waals surface area contributed by atoms with Gasteiger partial charge in [0, 0.05) is 28.7 Å². The van der Waals surface area contributed by atoms with Gasteiger partial charge < -0.3 is 15.0 Å². The summed E-state index contributed by atoms with van der Waals surface area (Å²) in [6.07, 6.45) is -0.347. The van der Waals surface area contributed by atoms with Crippen molar-refractivity contribution in [3.8, 4) is 0 Å². The summed E-state index contributed by atoms with van der Waals surface area (Å²) >= 11 is 12.0. The van der Waals surface area contributed by atoms with Crippen LogP contribution >= 0.6 is 23.2 Å². The van der Waals surface area contributed by atoms with E-state index in [2.05, 4.69) is 5.32 Å². The van der Waals surface area contributed by atoms with Crippen molar-refractivity contribution in [3.05, 3.63) is 33.3 Å². The van der Waals surface area contributed by atoms with Crippen molar-refractivity contribution in [1.29, 1.82) is 0 Å². The van der Waals surface area contributed by atoms with Crippen LogP contribution in [-0.4, -0.2) is 43.1 Å². The maximum absolute atomic E-state index is 12.0. The molecule has 2 rings (SSSR count). The lowest BCUT2D eigenvalue weighted by Crippen LogP contribution is -2.35. The van der Waals surface area contributed by atoms with Crippen LogP contribution in [0.5, 0.6) is 0 Å². The van der Waals surface area contributed by atoms with Crippen LogP contribution in [0.1, 0.15) is 15.9 Å². The molecule has 0 bridgehead atoms. The Hall–Kier alpha value is -1.46. The van der Waals surface area contributed by atoms with Gasteiger partial charge in [-0.3, -0.25) is 4.79 Å². The van der Waals surface area contributed by atoms with E-state index in [-0.39, 0.29) is 12.0 Å². The Balaban J connectivity index is 1.90. The molecule has 1 aliphatic heterocycles. The van der Waals surface area contributed by atoms with Crippen molar-refractivity contribution >= 4 is 35.2 Å². The Bertz CT molecular complexity index is 525. The van der Waals surface area contributed by atoms with Crippen LogP contribution < -0.4 is 5.32 Å². The van der Waals surface area contributed by atoms with Crippen LogP contribution in [0.25, 0.3) is 0 Å². The second-order valence-corrected chi connectivity index (χ2v) is 5.24. The standard InChI is InChI=1S/C13H14Cl2N2O3/c1-8-10(14)6-9(7-11(8)15)12(18)16-2-3-17-4-5-20-13(17)19/h6-7H,2-5H2,1H3,(H,16,18). The molecule has 0 aromatic heterocycles. The van der Waals surface area contributed by atoms with Gasteiger partial charge in [-0.25, -0.2) is 4.79 Å². The minimum Gasteiger partial charge on any atom is -0.448 e. The van der Waals surface area contributed by atoms with Gasteiger partial charge >= 0.3 is 6.09 Å². The zero-order valence-electron chi connectivity index (χ0n) is 10.9. The third kappa shape index (κ3) is 3.35. The molecule has 108 valence electrons. The summed E-state index contributed by atoms with van der Waals surface area (Å²) in [5.74, 6) is -0.277. The van der Waals surface area contributed by atoms with Crippen molar-refractivity contribution in [2.75, 3.05) is 26.2 Å². The van der Waals surface area contributed by atoms with E-state index >= 15 is 0 Å². The minimum atomic E-state index is -0.347. The quantitative estimate of drug-likeness (QED) is 0.928. The lowest BCUT2D eigenvalue weighted by Gasteiger charge is -2.13. The van der Waals surface area contributed by atoms with Gasteiger partial charge in [0.05, 0.1) is 6.54 Å². The molecule has 0 unspecified atom stereocenters. The molecular formula is C13H14Cl2N2O3. The van der Waals surface area contributed by atoms with Gasteiger partial charge in [0.2, 0.25) is 0 Å². The lowest BCUT2D eigenvalue weighted by atomic mass is 10.1. The molecule has 0 saturated carbocycles. The summed E-state index contributed by atoms with van der Waals surface area (Å²) in [7, 11) is 0. The zero-order chi connectivity index (χ0) is 14.7. The summed E-state index contributed by atoms with van der Waals surface area (Å²) in [6.45, 7) is 3.49. The summed E-state index contributed by atoms with van der Waals surface area (Å²) in [6, 6.07) is 3.14. The Morgan fingerprint density at radius 3 is 2.60 bits per heavy atom. The molecule has 1 saturated heterocycles. The van der Waals surface area contributed by atoms with Crippen LogP contribution in [0.2, 0.25) is 10.0 Å². The average molecular weight is 317 g/mol. The van der Waals surface area contributed by atoms with E-state index in [1.165, 1.54) is 4.90 Å². The molecule has 0 radical (unpaired) electrons. The Kier molecular flexibility index (Phi) is 4.73. The molecule has 1 fully saturated rings. The van der Waals surface area contributed by atoms with Crippen molar-refractivity contribution < 1.29 is 14.3 Å². The largest absolute Gasteiger partial charge is 0.448 e. The number of hydrogen-bond donors (Lipinski definition) is 1. The van der Waals surface area contributed by atoms with E-state index in [0.29, 0.717) is 41.8 Å². The van der Waals surface area contributed by atoms with Crippen LogP contribution in [0.15, 0.2) is 12.1 Å². The van der Waals surface area contributed by atoms with E-state index in [1.54, 1.807) is 19.1 Å². The third-order valence-electron chi connectivity index (χ3n) is 3.06. The fourth-order valence-corrected chi connectivity index (χ4v) is 2.30. The maximum atomic E-state index is 12.0. The fraction of sp³-hybridized carbons (Fsp3) is 0.385. The maximum Gasteiger partial charge on any atom is 0.409 e. The van der Waals surface area contributed by atoms with E-state index < -0.39 is 0 Å². The van der Waals surface area contributed by atoms with E-state index in [4.69, 9.17) is 27.9 Å². The number of hydrogen-bond acceptors (Lipinski definition) is 3. The van der Waals surface area contributed by atoms with Gasteiger partial charge in [0.1, 0.15) is 6.61 Å². The highest BCUT2D eigenvalue weighted by Crippen LogP contribution is 2.25. The Morgan fingerprint density at radius 2 is 2.05 bits per heavy atom. The molecule has 1 aromatic rings. The van der Waals surface area contributed by atoms with E-state index in [1.807, 2.05) is 0 Å². The van der Waals surface area contributed by atoms with Crippen LogP contribution in [0, 0.1) is 6.92 Å². The van der Waals surface area contributed by atoms with Gasteiger partial charge in [0.15, 0.2) is 0 Å². The first-order chi connectivity index (χ1) is 9.49. The fourth-order valence-electron chi connectivity index (χ4n) is 1.81. The summed E-state index contributed by atoms with van der Waals surface area (Å²) in [5, 5.41) is 3.61. The number of ether oxygens (including phenoxy) is 1. The first kappa shape index (κ1) is 14.9. The number of cyclic esters (lactones) is 1. The topological polar surface area (TPSA) is 58.6 Å². The molecule has 0 spiro atoms. The number of halogens is 2. The number of amides is 2. The predicted octanol–water partition coefficient (Wildman–Crippen LogP) is 2.48. The molecule has 1 aromatic carbocycles. The number of carbonyl (C=O) groups is 2. The number of nitrogens with zero attached hydrogens (tertiary/aromatic N) is 1. The van der Waals surface area contributed by atoms with Gasteiger partial charge in [-0.05, 0) is 24.6 Å². The molecule has 1 aliphatic rings. The third-order valence-corrected chi connectivity index (χ3v) is 3.84. The van der Waals surface area contributed by atoms with Crippen molar-refractivity contribution in [1.82, 2.24) is 10.2 Å². The molecule has 0 aliphatic carbocycles. The molecular weight excluding hydrogens is 303 g/mol. The molecule has 1 N–H and O–H groups in total.